The molecule has 1 N–H and O–H groups in total. The van der Waals surface area contributed by atoms with E-state index in [-0.39, 0.29) is 0 Å². The van der Waals surface area contributed by atoms with E-state index in [1.165, 1.54) is 12.8 Å². The topological polar surface area (TPSA) is 50.3 Å². The second kappa shape index (κ2) is 6.40. The van der Waals surface area contributed by atoms with Crippen LogP contribution < -0.4 is 15.0 Å². The molecule has 3 rings (SSSR count). The summed E-state index contributed by atoms with van der Waals surface area (Å²) >= 11 is 6.06. The predicted octanol–water partition coefficient (Wildman–Crippen LogP) is 3.79. The van der Waals surface area contributed by atoms with Gasteiger partial charge in [0.1, 0.15) is 11.6 Å². The highest BCUT2D eigenvalue weighted by atomic mass is 35.5. The van der Waals surface area contributed by atoms with Crippen LogP contribution in [-0.4, -0.2) is 30.2 Å². The molecule has 1 aromatic carbocycles. The van der Waals surface area contributed by atoms with Crippen LogP contribution in [0.2, 0.25) is 5.02 Å². The molecule has 116 valence electrons. The molecule has 0 bridgehead atoms. The van der Waals surface area contributed by atoms with Crippen molar-refractivity contribution in [2.75, 3.05) is 30.4 Å². The number of benzene rings is 1. The fourth-order valence-electron chi connectivity index (χ4n) is 2.61. The number of hydrogen-bond donors (Lipinski definition) is 1. The van der Waals surface area contributed by atoms with Crippen LogP contribution in [-0.2, 0) is 0 Å². The van der Waals surface area contributed by atoms with E-state index in [0.29, 0.717) is 16.7 Å². The first-order valence-electron chi connectivity index (χ1n) is 7.37. The smallest absolute Gasteiger partial charge is 0.229 e. The molecule has 5 nitrogen and oxygen atoms in total. The van der Waals surface area contributed by atoms with Crippen LogP contribution in [0.4, 0.5) is 17.5 Å². The normalized spacial score (nSPS) is 14.2. The van der Waals surface area contributed by atoms with E-state index >= 15 is 0 Å². The van der Waals surface area contributed by atoms with Crippen LogP contribution in [0.5, 0.6) is 5.75 Å². The number of rotatable bonds is 4. The molecular formula is C16H19ClN4O. The highest BCUT2D eigenvalue weighted by molar-refractivity contribution is 6.31. The average molecular weight is 319 g/mol. The third kappa shape index (κ3) is 3.25. The molecule has 0 saturated carbocycles. The highest BCUT2D eigenvalue weighted by Crippen LogP contribution is 2.30. The summed E-state index contributed by atoms with van der Waals surface area (Å²) in [5.41, 5.74) is 1.69. The number of aromatic nitrogens is 2. The number of halogens is 1. The van der Waals surface area contributed by atoms with E-state index in [2.05, 4.69) is 20.2 Å². The van der Waals surface area contributed by atoms with Gasteiger partial charge in [0.15, 0.2) is 0 Å². The number of ether oxygens (including phenoxy) is 1. The van der Waals surface area contributed by atoms with Crippen molar-refractivity contribution in [3.05, 3.63) is 35.0 Å². The minimum absolute atomic E-state index is 0.558. The molecule has 0 aliphatic carbocycles. The van der Waals surface area contributed by atoms with Crippen LogP contribution in [0.15, 0.2) is 24.3 Å². The lowest BCUT2D eigenvalue weighted by atomic mass is 10.3. The molecule has 2 aromatic rings. The third-order valence-electron chi connectivity index (χ3n) is 3.68. The van der Waals surface area contributed by atoms with Crippen LogP contribution in [0, 0.1) is 6.92 Å². The molecule has 0 unspecified atom stereocenters. The Balaban J connectivity index is 1.90. The molecule has 0 amide bonds. The SMILES string of the molecule is COc1ccc(Cl)cc1Nc1nc(C)cc(N2CCCC2)n1. The van der Waals surface area contributed by atoms with Crippen molar-refractivity contribution >= 4 is 29.1 Å². The van der Waals surface area contributed by atoms with Crippen molar-refractivity contribution in [1.82, 2.24) is 9.97 Å². The van der Waals surface area contributed by atoms with Gasteiger partial charge in [-0.05, 0) is 38.0 Å². The standard InChI is InChI=1S/C16H19ClN4O/c1-11-9-15(21-7-3-4-8-21)20-16(18-11)19-13-10-12(17)5-6-14(13)22-2/h5-6,9-10H,3-4,7-8H2,1-2H3,(H,18,19,20). The van der Waals surface area contributed by atoms with E-state index < -0.39 is 0 Å². The molecule has 6 heteroatoms. The van der Waals surface area contributed by atoms with Gasteiger partial charge >= 0.3 is 0 Å². The fraction of sp³-hybridized carbons (Fsp3) is 0.375. The van der Waals surface area contributed by atoms with Gasteiger partial charge < -0.3 is 15.0 Å². The Labute approximate surface area is 135 Å². The van der Waals surface area contributed by atoms with Crippen molar-refractivity contribution in [3.63, 3.8) is 0 Å². The van der Waals surface area contributed by atoms with Gasteiger partial charge in [-0.15, -0.1) is 0 Å². The molecule has 1 aliphatic rings. The van der Waals surface area contributed by atoms with Gasteiger partial charge in [0, 0.05) is 29.9 Å². The Morgan fingerprint density at radius 3 is 2.68 bits per heavy atom. The zero-order chi connectivity index (χ0) is 15.5. The molecular weight excluding hydrogens is 300 g/mol. The summed E-state index contributed by atoms with van der Waals surface area (Å²) in [6, 6.07) is 7.44. The summed E-state index contributed by atoms with van der Waals surface area (Å²) < 4.78 is 5.35. The van der Waals surface area contributed by atoms with Gasteiger partial charge in [-0.3, -0.25) is 0 Å². The monoisotopic (exact) mass is 318 g/mol. The van der Waals surface area contributed by atoms with E-state index in [1.807, 2.05) is 25.1 Å². The minimum Gasteiger partial charge on any atom is -0.495 e. The van der Waals surface area contributed by atoms with Gasteiger partial charge in [-0.2, -0.15) is 4.98 Å². The van der Waals surface area contributed by atoms with Gasteiger partial charge in [0.25, 0.3) is 0 Å². The van der Waals surface area contributed by atoms with E-state index in [1.54, 1.807) is 13.2 Å². The molecule has 0 spiro atoms. The summed E-state index contributed by atoms with van der Waals surface area (Å²) in [5, 5.41) is 3.85. The number of nitrogens with one attached hydrogen (secondary N) is 1. The first-order chi connectivity index (χ1) is 10.7. The summed E-state index contributed by atoms with van der Waals surface area (Å²) in [6.45, 7) is 4.08. The Kier molecular flexibility index (Phi) is 4.34. The number of hydrogen-bond acceptors (Lipinski definition) is 5. The Bertz CT molecular complexity index is 671. The average Bonchev–Trinajstić information content (AvgIpc) is 3.01. The molecule has 1 saturated heterocycles. The molecule has 0 radical (unpaired) electrons. The lowest BCUT2D eigenvalue weighted by Crippen LogP contribution is -2.19. The lowest BCUT2D eigenvalue weighted by Gasteiger charge is -2.18. The molecule has 1 aromatic heterocycles. The van der Waals surface area contributed by atoms with Gasteiger partial charge in [-0.1, -0.05) is 11.6 Å². The van der Waals surface area contributed by atoms with Crippen LogP contribution in [0.1, 0.15) is 18.5 Å². The Hall–Kier alpha value is -2.01. The maximum absolute atomic E-state index is 6.06. The van der Waals surface area contributed by atoms with Crippen molar-refractivity contribution < 1.29 is 4.74 Å². The minimum atomic E-state index is 0.558. The highest BCUT2D eigenvalue weighted by Gasteiger charge is 2.15. The van der Waals surface area contributed by atoms with Gasteiger partial charge in [0.2, 0.25) is 5.95 Å². The third-order valence-corrected chi connectivity index (χ3v) is 3.91. The summed E-state index contributed by atoms with van der Waals surface area (Å²) in [5.74, 6) is 2.23. The van der Waals surface area contributed by atoms with E-state index in [4.69, 9.17) is 16.3 Å². The molecule has 0 atom stereocenters. The zero-order valence-electron chi connectivity index (χ0n) is 12.8. The largest absolute Gasteiger partial charge is 0.495 e. The molecule has 1 fully saturated rings. The number of methoxy groups -OCH3 is 1. The van der Waals surface area contributed by atoms with Crippen LogP contribution >= 0.6 is 11.6 Å². The number of nitrogens with zero attached hydrogens (tertiary/aromatic N) is 3. The van der Waals surface area contributed by atoms with E-state index in [0.717, 1.165) is 30.3 Å². The van der Waals surface area contributed by atoms with Crippen molar-refractivity contribution in [1.29, 1.82) is 0 Å². The summed E-state index contributed by atoms with van der Waals surface area (Å²) in [4.78, 5) is 11.4. The van der Waals surface area contributed by atoms with Crippen LogP contribution in [0.3, 0.4) is 0 Å². The fourth-order valence-corrected chi connectivity index (χ4v) is 2.79. The lowest BCUT2D eigenvalue weighted by molar-refractivity contribution is 0.417. The number of anilines is 3. The second-order valence-corrected chi connectivity index (χ2v) is 5.79. The van der Waals surface area contributed by atoms with Crippen molar-refractivity contribution in [3.8, 4) is 5.75 Å². The quantitative estimate of drug-likeness (QED) is 0.929. The molecule has 2 heterocycles. The van der Waals surface area contributed by atoms with Gasteiger partial charge in [-0.25, -0.2) is 4.98 Å². The van der Waals surface area contributed by atoms with Crippen LogP contribution in [0.25, 0.3) is 0 Å². The van der Waals surface area contributed by atoms with Crippen molar-refractivity contribution in [2.24, 2.45) is 0 Å². The Morgan fingerprint density at radius 2 is 1.95 bits per heavy atom. The molecule has 22 heavy (non-hydrogen) atoms. The summed E-state index contributed by atoms with van der Waals surface area (Å²) in [6.07, 6.45) is 2.43. The predicted molar refractivity (Wildman–Crippen MR) is 89.5 cm³/mol. The second-order valence-electron chi connectivity index (χ2n) is 5.35. The Morgan fingerprint density at radius 1 is 1.18 bits per heavy atom. The van der Waals surface area contributed by atoms with E-state index in [9.17, 15) is 0 Å². The molecule has 1 aliphatic heterocycles. The first kappa shape index (κ1) is 14.9. The maximum Gasteiger partial charge on any atom is 0.229 e. The first-order valence-corrected chi connectivity index (χ1v) is 7.75. The zero-order valence-corrected chi connectivity index (χ0v) is 13.5. The number of aryl methyl sites for hydroxylation is 1. The van der Waals surface area contributed by atoms with Gasteiger partial charge in [0.05, 0.1) is 12.8 Å². The van der Waals surface area contributed by atoms with Crippen molar-refractivity contribution in [2.45, 2.75) is 19.8 Å². The summed E-state index contributed by atoms with van der Waals surface area (Å²) in [7, 11) is 1.63. The maximum atomic E-state index is 6.06.